The number of nitrogens with one attached hydrogen (secondary N) is 1. The zero-order valence-electron chi connectivity index (χ0n) is 14.2. The Hall–Kier alpha value is -2.33. The summed E-state index contributed by atoms with van der Waals surface area (Å²) < 4.78 is 0. The van der Waals surface area contributed by atoms with Gasteiger partial charge in [0, 0.05) is 29.9 Å². The number of para-hydroxylation sites is 1. The summed E-state index contributed by atoms with van der Waals surface area (Å²) >= 11 is 0. The number of rotatable bonds is 1. The molecule has 2 aromatic carbocycles. The van der Waals surface area contributed by atoms with Crippen molar-refractivity contribution in [3.63, 3.8) is 0 Å². The Balaban J connectivity index is 1.68. The van der Waals surface area contributed by atoms with Crippen LogP contribution in [0.4, 0.5) is 16.2 Å². The molecular weight excluding hydrogens is 298 g/mol. The van der Waals surface area contributed by atoms with Crippen molar-refractivity contribution < 1.29 is 4.79 Å². The fourth-order valence-electron chi connectivity index (χ4n) is 4.05. The fourth-order valence-corrected chi connectivity index (χ4v) is 4.05. The van der Waals surface area contributed by atoms with Crippen LogP contribution in [0.15, 0.2) is 48.5 Å². The summed E-state index contributed by atoms with van der Waals surface area (Å²) in [5.41, 5.74) is 4.48. The van der Waals surface area contributed by atoms with E-state index in [1.165, 1.54) is 11.1 Å². The number of nitrogens with zero attached hydrogens (tertiary/aromatic N) is 2. The number of hydrogen-bond donors (Lipinski definition) is 1. The molecule has 2 amide bonds. The molecule has 0 saturated carbocycles. The van der Waals surface area contributed by atoms with Crippen molar-refractivity contribution in [2.45, 2.75) is 25.3 Å². The Morgan fingerprint density at radius 2 is 1.96 bits per heavy atom. The van der Waals surface area contributed by atoms with Crippen LogP contribution in [-0.4, -0.2) is 37.1 Å². The van der Waals surface area contributed by atoms with Gasteiger partial charge in [0.05, 0.1) is 0 Å². The molecule has 0 aromatic heterocycles. The van der Waals surface area contributed by atoms with Crippen LogP contribution in [0.5, 0.6) is 0 Å². The van der Waals surface area contributed by atoms with Crippen molar-refractivity contribution >= 4 is 17.4 Å². The summed E-state index contributed by atoms with van der Waals surface area (Å²) in [5, 5.41) is 3.06. The fraction of sp³-hybridized carbons (Fsp3) is 0.350. The van der Waals surface area contributed by atoms with Crippen LogP contribution in [-0.2, 0) is 0 Å². The van der Waals surface area contributed by atoms with Crippen LogP contribution in [0.25, 0.3) is 0 Å². The normalized spacial score (nSPS) is 22.8. The number of hydrogen-bond acceptors (Lipinski definition) is 2. The van der Waals surface area contributed by atoms with Gasteiger partial charge >= 0.3 is 6.03 Å². The zero-order valence-corrected chi connectivity index (χ0v) is 14.2. The lowest BCUT2D eigenvalue weighted by atomic mass is 9.89. The Labute approximate surface area is 143 Å². The molecule has 0 radical (unpaired) electrons. The maximum atomic E-state index is 13.0. The molecule has 2 heterocycles. The van der Waals surface area contributed by atoms with Crippen molar-refractivity contribution in [2.75, 3.05) is 30.4 Å². The summed E-state index contributed by atoms with van der Waals surface area (Å²) in [5.74, 6) is 0.403. The smallest absolute Gasteiger partial charge is 0.308 e. The molecule has 2 aliphatic heterocycles. The van der Waals surface area contributed by atoms with Gasteiger partial charge in [-0.3, -0.25) is 4.90 Å². The molecule has 4 heteroatoms. The first-order valence-electron chi connectivity index (χ1n) is 8.58. The van der Waals surface area contributed by atoms with E-state index in [0.29, 0.717) is 5.92 Å². The van der Waals surface area contributed by atoms with E-state index in [-0.39, 0.29) is 12.1 Å². The SMILES string of the molecule is Cc1ccc2c(c1)[C@H]1CN(C)CC[C@@H]1N2C(=O)Nc1ccccc1. The second kappa shape index (κ2) is 5.95. The molecule has 124 valence electrons. The van der Waals surface area contributed by atoms with E-state index < -0.39 is 0 Å². The second-order valence-corrected chi connectivity index (χ2v) is 6.95. The molecule has 24 heavy (non-hydrogen) atoms. The van der Waals surface area contributed by atoms with E-state index in [1.54, 1.807) is 0 Å². The van der Waals surface area contributed by atoms with Crippen LogP contribution >= 0.6 is 0 Å². The van der Waals surface area contributed by atoms with Crippen LogP contribution < -0.4 is 10.2 Å². The van der Waals surface area contributed by atoms with Gasteiger partial charge in [0.2, 0.25) is 0 Å². The number of carbonyl (C=O) groups excluding carboxylic acids is 1. The molecule has 1 N–H and O–H groups in total. The van der Waals surface area contributed by atoms with Gasteiger partial charge < -0.3 is 10.2 Å². The average Bonchev–Trinajstić information content (AvgIpc) is 2.89. The van der Waals surface area contributed by atoms with Gasteiger partial charge in [0.1, 0.15) is 0 Å². The lowest BCUT2D eigenvalue weighted by molar-refractivity contribution is 0.224. The zero-order chi connectivity index (χ0) is 16.7. The monoisotopic (exact) mass is 321 g/mol. The van der Waals surface area contributed by atoms with Crippen molar-refractivity contribution in [3.8, 4) is 0 Å². The number of anilines is 2. The van der Waals surface area contributed by atoms with Gasteiger partial charge in [-0.25, -0.2) is 4.79 Å². The third-order valence-electron chi connectivity index (χ3n) is 5.20. The molecule has 2 aromatic rings. The first-order valence-corrected chi connectivity index (χ1v) is 8.58. The van der Waals surface area contributed by atoms with Gasteiger partial charge in [-0.15, -0.1) is 0 Å². The Morgan fingerprint density at radius 1 is 1.17 bits per heavy atom. The average molecular weight is 321 g/mol. The van der Waals surface area contributed by atoms with Crippen molar-refractivity contribution in [1.82, 2.24) is 4.90 Å². The van der Waals surface area contributed by atoms with Crippen LogP contribution in [0.2, 0.25) is 0 Å². The van der Waals surface area contributed by atoms with E-state index >= 15 is 0 Å². The van der Waals surface area contributed by atoms with Crippen LogP contribution in [0, 0.1) is 6.92 Å². The molecule has 0 spiro atoms. The molecular formula is C20H23N3O. The van der Waals surface area contributed by atoms with Gasteiger partial charge in [-0.2, -0.15) is 0 Å². The topological polar surface area (TPSA) is 35.6 Å². The number of piperidine rings is 1. The standard InChI is InChI=1S/C20H23N3O/c1-14-8-9-18-16(12-14)17-13-22(2)11-10-19(17)23(18)20(24)21-15-6-4-3-5-7-15/h3-9,12,17,19H,10-11,13H2,1-2H3,(H,21,24)/t17-,19+/m1/s1. The maximum Gasteiger partial charge on any atom is 0.326 e. The molecule has 4 nitrogen and oxygen atoms in total. The number of fused-ring (bicyclic) bond motifs is 3. The first kappa shape index (κ1) is 15.2. The van der Waals surface area contributed by atoms with Crippen LogP contribution in [0.1, 0.15) is 23.5 Å². The molecule has 2 aliphatic rings. The largest absolute Gasteiger partial charge is 0.326 e. The molecule has 1 saturated heterocycles. The Morgan fingerprint density at radius 3 is 2.75 bits per heavy atom. The minimum atomic E-state index is -0.0247. The molecule has 4 rings (SSSR count). The van der Waals surface area contributed by atoms with E-state index in [0.717, 1.165) is 30.9 Å². The predicted octanol–water partition coefficient (Wildman–Crippen LogP) is 3.83. The third-order valence-corrected chi connectivity index (χ3v) is 5.20. The number of carbonyl (C=O) groups is 1. The van der Waals surface area contributed by atoms with Gasteiger partial charge in [0.25, 0.3) is 0 Å². The lowest BCUT2D eigenvalue weighted by Crippen LogP contribution is -2.48. The summed E-state index contributed by atoms with van der Waals surface area (Å²) in [6.45, 7) is 4.16. The molecule has 0 bridgehead atoms. The highest BCUT2D eigenvalue weighted by atomic mass is 16.2. The highest BCUT2D eigenvalue weighted by molar-refractivity contribution is 6.04. The maximum absolute atomic E-state index is 13.0. The highest BCUT2D eigenvalue weighted by Crippen LogP contribution is 2.45. The number of aryl methyl sites for hydroxylation is 1. The summed E-state index contributed by atoms with van der Waals surface area (Å²) in [7, 11) is 2.17. The van der Waals surface area contributed by atoms with Gasteiger partial charge in [-0.1, -0.05) is 35.9 Å². The van der Waals surface area contributed by atoms with E-state index in [1.807, 2.05) is 35.2 Å². The number of amides is 2. The summed E-state index contributed by atoms with van der Waals surface area (Å²) in [4.78, 5) is 17.4. The third kappa shape index (κ3) is 2.57. The highest BCUT2D eigenvalue weighted by Gasteiger charge is 2.43. The minimum Gasteiger partial charge on any atom is -0.308 e. The van der Waals surface area contributed by atoms with E-state index in [2.05, 4.69) is 42.4 Å². The number of urea groups is 1. The summed E-state index contributed by atoms with van der Waals surface area (Å²) in [6, 6.07) is 16.4. The van der Waals surface area contributed by atoms with Gasteiger partial charge in [-0.05, 0) is 50.7 Å². The lowest BCUT2D eigenvalue weighted by Gasteiger charge is -2.36. The van der Waals surface area contributed by atoms with Crippen LogP contribution in [0.3, 0.4) is 0 Å². The van der Waals surface area contributed by atoms with E-state index in [4.69, 9.17) is 0 Å². The first-order chi connectivity index (χ1) is 11.6. The molecule has 1 fully saturated rings. The van der Waals surface area contributed by atoms with Crippen molar-refractivity contribution in [1.29, 1.82) is 0 Å². The molecule has 2 atom stereocenters. The molecule has 0 unspecified atom stereocenters. The molecule has 0 aliphatic carbocycles. The Kier molecular flexibility index (Phi) is 3.77. The van der Waals surface area contributed by atoms with Gasteiger partial charge in [0.15, 0.2) is 0 Å². The van der Waals surface area contributed by atoms with Crippen molar-refractivity contribution in [3.05, 3.63) is 59.7 Å². The van der Waals surface area contributed by atoms with E-state index in [9.17, 15) is 4.79 Å². The summed E-state index contributed by atoms with van der Waals surface area (Å²) in [6.07, 6.45) is 1.01. The van der Waals surface area contributed by atoms with Crippen molar-refractivity contribution in [2.24, 2.45) is 0 Å². The quantitative estimate of drug-likeness (QED) is 0.866. The number of benzene rings is 2. The predicted molar refractivity (Wildman–Crippen MR) is 97.8 cm³/mol. The Bertz CT molecular complexity index is 759. The number of likely N-dealkylation sites (N-methyl/N-ethyl adjacent to an activating group) is 1. The second-order valence-electron chi connectivity index (χ2n) is 6.95. The minimum absolute atomic E-state index is 0.0247. The number of likely N-dealkylation sites (tertiary alicyclic amines) is 1.